The van der Waals surface area contributed by atoms with Crippen LogP contribution in [0.3, 0.4) is 0 Å². The van der Waals surface area contributed by atoms with Crippen molar-refractivity contribution in [3.05, 3.63) is 35.1 Å². The van der Waals surface area contributed by atoms with E-state index in [1.54, 1.807) is 0 Å². The normalized spacial score (nSPS) is 38.0. The predicted octanol–water partition coefficient (Wildman–Crippen LogP) is 7.63. The van der Waals surface area contributed by atoms with E-state index in [1.807, 2.05) is 32.9 Å². The summed E-state index contributed by atoms with van der Waals surface area (Å²) in [6, 6.07) is 2.19. The molecule has 5 atom stereocenters. The Kier molecular flexibility index (Phi) is 6.50. The summed E-state index contributed by atoms with van der Waals surface area (Å²) in [5.41, 5.74) is -0.283. The maximum Gasteiger partial charge on any atom is 0.222 e. The topological polar surface area (TPSA) is 96.9 Å². The Labute approximate surface area is 240 Å². The third-order valence-electron chi connectivity index (χ3n) is 12.7. The lowest BCUT2D eigenvalue weighted by molar-refractivity contribution is -0.137. The highest BCUT2D eigenvalue weighted by Gasteiger charge is 2.65. The van der Waals surface area contributed by atoms with Gasteiger partial charge < -0.3 is 4.42 Å². The summed E-state index contributed by atoms with van der Waals surface area (Å²) in [5.74, 6) is 1.35. The second kappa shape index (κ2) is 8.97. The lowest BCUT2D eigenvalue weighted by Crippen LogP contribution is -2.59. The standard InChI is InChI=1S/C34H47N3O3/c1-21-24(38)18-26-31(7)19-23(20-35)27(39)30(5,6)25(31)10-11-33(26,9)32(21,8)14-17-34(28-37-36-22(2)40-28)15-12-29(3,4)13-16-34/h18-19,21,25H,10-17H2,1-9H3/t21?,25-,31-,32+,33+/m0/s1. The number of ketones is 2. The number of hydrogen-bond donors (Lipinski definition) is 0. The van der Waals surface area contributed by atoms with Gasteiger partial charge in [0.15, 0.2) is 11.6 Å². The highest BCUT2D eigenvalue weighted by atomic mass is 16.4. The number of aromatic nitrogens is 2. The summed E-state index contributed by atoms with van der Waals surface area (Å²) in [4.78, 5) is 27.1. The zero-order chi connectivity index (χ0) is 29.5. The minimum absolute atomic E-state index is 0.0441. The van der Waals surface area contributed by atoms with E-state index in [4.69, 9.17) is 4.42 Å². The highest BCUT2D eigenvalue weighted by molar-refractivity contribution is 6.04. The van der Waals surface area contributed by atoms with E-state index in [0.29, 0.717) is 11.3 Å². The number of nitriles is 1. The minimum Gasteiger partial charge on any atom is -0.425 e. The summed E-state index contributed by atoms with van der Waals surface area (Å²) in [5, 5.41) is 18.7. The van der Waals surface area contributed by atoms with Gasteiger partial charge in [-0.05, 0) is 79.6 Å². The second-order valence-corrected chi connectivity index (χ2v) is 15.6. The van der Waals surface area contributed by atoms with Gasteiger partial charge in [-0.15, -0.1) is 10.2 Å². The number of allylic oxidation sites excluding steroid dienone is 4. The average molecular weight is 546 g/mol. The molecule has 0 N–H and O–H groups in total. The van der Waals surface area contributed by atoms with Gasteiger partial charge in [-0.1, -0.05) is 67.0 Å². The van der Waals surface area contributed by atoms with Crippen LogP contribution in [0.4, 0.5) is 0 Å². The molecular formula is C34H47N3O3. The van der Waals surface area contributed by atoms with Crippen LogP contribution in [0.15, 0.2) is 27.7 Å². The molecule has 5 rings (SSSR count). The summed E-state index contributed by atoms with van der Waals surface area (Å²) in [6.07, 6.45) is 11.6. The van der Waals surface area contributed by atoms with E-state index in [0.717, 1.165) is 62.8 Å². The van der Waals surface area contributed by atoms with E-state index < -0.39 is 10.8 Å². The van der Waals surface area contributed by atoms with Crippen molar-refractivity contribution in [2.75, 3.05) is 0 Å². The third-order valence-corrected chi connectivity index (χ3v) is 12.7. The van der Waals surface area contributed by atoms with Gasteiger partial charge >= 0.3 is 0 Å². The van der Waals surface area contributed by atoms with Gasteiger partial charge in [-0.2, -0.15) is 5.26 Å². The molecule has 0 saturated heterocycles. The molecule has 0 spiro atoms. The molecule has 2 saturated carbocycles. The molecular weight excluding hydrogens is 498 g/mol. The molecule has 0 amide bonds. The van der Waals surface area contributed by atoms with Crippen LogP contribution < -0.4 is 0 Å². The van der Waals surface area contributed by atoms with Gasteiger partial charge in [0.05, 0.1) is 5.57 Å². The van der Waals surface area contributed by atoms with Crippen LogP contribution in [0.25, 0.3) is 0 Å². The lowest BCUT2D eigenvalue weighted by atomic mass is 9.38. The summed E-state index contributed by atoms with van der Waals surface area (Å²) in [7, 11) is 0. The Bertz CT molecular complexity index is 1350. The smallest absolute Gasteiger partial charge is 0.222 e. The van der Waals surface area contributed by atoms with Crippen molar-refractivity contribution in [3.8, 4) is 6.07 Å². The molecule has 216 valence electrons. The fourth-order valence-electron chi connectivity index (χ4n) is 9.34. The van der Waals surface area contributed by atoms with Crippen molar-refractivity contribution in [3.63, 3.8) is 0 Å². The number of hydrogen-bond acceptors (Lipinski definition) is 6. The molecule has 0 bridgehead atoms. The fourth-order valence-corrected chi connectivity index (χ4v) is 9.34. The highest BCUT2D eigenvalue weighted by Crippen LogP contribution is 2.70. The molecule has 0 aromatic carbocycles. The van der Waals surface area contributed by atoms with Crippen molar-refractivity contribution < 1.29 is 14.0 Å². The van der Waals surface area contributed by atoms with Crippen LogP contribution in [0.5, 0.6) is 0 Å². The first kappa shape index (κ1) is 29.0. The largest absolute Gasteiger partial charge is 0.425 e. The Morgan fingerprint density at radius 1 is 0.975 bits per heavy atom. The zero-order valence-corrected chi connectivity index (χ0v) is 26.0. The predicted molar refractivity (Wildman–Crippen MR) is 154 cm³/mol. The molecule has 0 aliphatic heterocycles. The van der Waals surface area contributed by atoms with Crippen molar-refractivity contribution in [1.29, 1.82) is 5.26 Å². The number of carbonyl (C=O) groups is 2. The van der Waals surface area contributed by atoms with E-state index >= 15 is 0 Å². The molecule has 6 nitrogen and oxygen atoms in total. The molecule has 4 aliphatic rings. The first-order valence-corrected chi connectivity index (χ1v) is 15.2. The van der Waals surface area contributed by atoms with Crippen molar-refractivity contribution >= 4 is 11.6 Å². The fraction of sp³-hybridized carbons (Fsp3) is 0.735. The van der Waals surface area contributed by atoms with Crippen LogP contribution in [-0.4, -0.2) is 21.8 Å². The number of rotatable bonds is 4. The van der Waals surface area contributed by atoms with Crippen molar-refractivity contribution in [1.82, 2.24) is 10.2 Å². The number of aryl methyl sites for hydroxylation is 1. The van der Waals surface area contributed by atoms with Gasteiger partial charge in [-0.3, -0.25) is 9.59 Å². The molecule has 1 aromatic rings. The summed E-state index contributed by atoms with van der Waals surface area (Å²) < 4.78 is 6.12. The lowest BCUT2D eigenvalue weighted by Gasteiger charge is -2.64. The van der Waals surface area contributed by atoms with Gasteiger partial charge in [0.25, 0.3) is 0 Å². The first-order chi connectivity index (χ1) is 18.5. The van der Waals surface area contributed by atoms with Crippen LogP contribution >= 0.6 is 0 Å². The first-order valence-electron chi connectivity index (χ1n) is 15.2. The number of Topliss-reactive ketones (excluding diaryl/α,β-unsaturated/α-hetero) is 1. The Hall–Kier alpha value is -2.55. The number of carbonyl (C=O) groups excluding carboxylic acids is 2. The molecule has 1 unspecified atom stereocenters. The zero-order valence-electron chi connectivity index (χ0n) is 26.0. The summed E-state index contributed by atoms with van der Waals surface area (Å²) in [6.45, 7) is 19.5. The van der Waals surface area contributed by atoms with E-state index in [1.165, 1.54) is 0 Å². The average Bonchev–Trinajstić information content (AvgIpc) is 3.33. The third kappa shape index (κ3) is 3.93. The monoisotopic (exact) mass is 545 g/mol. The van der Waals surface area contributed by atoms with Crippen LogP contribution in [0.1, 0.15) is 119 Å². The van der Waals surface area contributed by atoms with Crippen molar-refractivity contribution in [2.24, 2.45) is 38.9 Å². The quantitative estimate of drug-likeness (QED) is 0.386. The molecule has 4 aliphatic carbocycles. The van der Waals surface area contributed by atoms with Crippen LogP contribution in [0.2, 0.25) is 0 Å². The second-order valence-electron chi connectivity index (χ2n) is 15.6. The molecule has 6 heteroatoms. The molecule has 0 radical (unpaired) electrons. The van der Waals surface area contributed by atoms with Crippen LogP contribution in [0, 0.1) is 57.2 Å². The number of fused-ring (bicyclic) bond motifs is 3. The number of nitrogens with zero attached hydrogens (tertiary/aromatic N) is 3. The molecule has 2 fully saturated rings. The minimum atomic E-state index is -0.659. The Morgan fingerprint density at radius 2 is 1.62 bits per heavy atom. The van der Waals surface area contributed by atoms with E-state index in [-0.39, 0.29) is 45.2 Å². The molecule has 1 heterocycles. The van der Waals surface area contributed by atoms with E-state index in [9.17, 15) is 14.9 Å². The molecule has 40 heavy (non-hydrogen) atoms. The van der Waals surface area contributed by atoms with Crippen LogP contribution in [-0.2, 0) is 15.0 Å². The van der Waals surface area contributed by atoms with Gasteiger partial charge in [0, 0.05) is 29.1 Å². The maximum atomic E-state index is 13.8. The Balaban J connectivity index is 1.57. The molecule has 1 aromatic heterocycles. The van der Waals surface area contributed by atoms with Gasteiger partial charge in [0.1, 0.15) is 6.07 Å². The van der Waals surface area contributed by atoms with E-state index in [2.05, 4.69) is 57.8 Å². The van der Waals surface area contributed by atoms with Gasteiger partial charge in [-0.25, -0.2) is 0 Å². The summed E-state index contributed by atoms with van der Waals surface area (Å²) >= 11 is 0. The Morgan fingerprint density at radius 3 is 2.20 bits per heavy atom. The SMILES string of the molecule is Cc1nnc(C2(CC[C@]3(C)C(C)C(=O)C=C4[C@@]5(C)C=C(C#N)C(=O)C(C)(C)[C@@H]5CC[C@]43C)CCC(C)(C)CC2)o1. The van der Waals surface area contributed by atoms with Crippen molar-refractivity contribution in [2.45, 2.75) is 119 Å². The maximum absolute atomic E-state index is 13.8. The van der Waals surface area contributed by atoms with Gasteiger partial charge in [0.2, 0.25) is 11.8 Å².